The molecule has 0 aliphatic rings. The van der Waals surface area contributed by atoms with Gasteiger partial charge in [0.25, 0.3) is 0 Å². The van der Waals surface area contributed by atoms with Crippen LogP contribution in [0.2, 0.25) is 0 Å². The molecular formula is C14H20FN3O4. The van der Waals surface area contributed by atoms with Crippen molar-refractivity contribution in [2.45, 2.75) is 33.2 Å². The van der Waals surface area contributed by atoms with Gasteiger partial charge in [-0.1, -0.05) is 13.8 Å². The summed E-state index contributed by atoms with van der Waals surface area (Å²) in [6, 6.07) is 0. The molecule has 0 saturated heterocycles. The van der Waals surface area contributed by atoms with Crippen LogP contribution in [0.1, 0.15) is 38.1 Å². The van der Waals surface area contributed by atoms with E-state index in [4.69, 9.17) is 4.74 Å². The second-order valence-corrected chi connectivity index (χ2v) is 5.68. The van der Waals surface area contributed by atoms with Crippen LogP contribution in [-0.2, 0) is 9.74 Å². The Morgan fingerprint density at radius 1 is 1.55 bits per heavy atom. The van der Waals surface area contributed by atoms with Gasteiger partial charge in [-0.05, 0) is 25.8 Å². The van der Waals surface area contributed by atoms with Gasteiger partial charge in [0.2, 0.25) is 12.3 Å². The lowest BCUT2D eigenvalue weighted by molar-refractivity contribution is -0.110. The Morgan fingerprint density at radius 2 is 2.23 bits per heavy atom. The maximum absolute atomic E-state index is 12.1. The summed E-state index contributed by atoms with van der Waals surface area (Å²) < 4.78 is 18.9. The zero-order valence-corrected chi connectivity index (χ0v) is 13.0. The quantitative estimate of drug-likeness (QED) is 0.742. The zero-order valence-electron chi connectivity index (χ0n) is 13.0. The minimum absolute atomic E-state index is 0.0782. The average molecular weight is 313 g/mol. The number of rotatable bonds is 8. The summed E-state index contributed by atoms with van der Waals surface area (Å²) in [5.41, 5.74) is -0.738. The van der Waals surface area contributed by atoms with E-state index in [0.717, 1.165) is 6.20 Å². The number of amides is 1. The van der Waals surface area contributed by atoms with Gasteiger partial charge in [0.05, 0.1) is 18.3 Å². The summed E-state index contributed by atoms with van der Waals surface area (Å²) in [4.78, 5) is 25.1. The van der Waals surface area contributed by atoms with Gasteiger partial charge in [-0.2, -0.15) is 5.10 Å². The summed E-state index contributed by atoms with van der Waals surface area (Å²) in [6.45, 7) is 7.73. The van der Waals surface area contributed by atoms with E-state index in [9.17, 15) is 14.1 Å². The van der Waals surface area contributed by atoms with Crippen molar-refractivity contribution >= 4 is 18.6 Å². The highest BCUT2D eigenvalue weighted by Crippen LogP contribution is 2.21. The van der Waals surface area contributed by atoms with Gasteiger partial charge in [0, 0.05) is 10.7 Å². The molecule has 0 fully saturated rings. The molecule has 1 rings (SSSR count). The first-order valence-electron chi connectivity index (χ1n) is 6.74. The van der Waals surface area contributed by atoms with Crippen LogP contribution in [0, 0.1) is 5.92 Å². The van der Waals surface area contributed by atoms with Crippen molar-refractivity contribution in [2.24, 2.45) is 5.92 Å². The van der Waals surface area contributed by atoms with Crippen molar-refractivity contribution in [2.75, 3.05) is 6.61 Å². The Balaban J connectivity index is 3.08. The number of ether oxygens (including phenoxy) is 1. The standard InChI is InChI=1S/C14H20FN3O4/c1-10(2)8-21-12-11(13(20)22-15)7-17-18(12)6-5-14(3,4)16-9-19/h5-7,9-10H,8H2,1-4H3,(H,16,19)/b6-5+. The molecule has 8 heteroatoms. The third-order valence-corrected chi connectivity index (χ3v) is 2.66. The van der Waals surface area contributed by atoms with Crippen LogP contribution in [-0.4, -0.2) is 34.3 Å². The molecule has 0 aliphatic carbocycles. The number of halogens is 1. The van der Waals surface area contributed by atoms with Crippen LogP contribution >= 0.6 is 0 Å². The molecule has 1 aromatic heterocycles. The van der Waals surface area contributed by atoms with Gasteiger partial charge in [-0.25, -0.2) is 14.4 Å². The maximum atomic E-state index is 12.1. The molecule has 22 heavy (non-hydrogen) atoms. The van der Waals surface area contributed by atoms with Crippen molar-refractivity contribution in [1.82, 2.24) is 15.1 Å². The summed E-state index contributed by atoms with van der Waals surface area (Å²) in [6.07, 6.45) is 4.90. The van der Waals surface area contributed by atoms with Crippen molar-refractivity contribution in [3.63, 3.8) is 0 Å². The number of carbonyl (C=O) groups excluding carboxylic acids is 2. The number of hydrogen-bond donors (Lipinski definition) is 1. The Morgan fingerprint density at radius 3 is 2.77 bits per heavy atom. The van der Waals surface area contributed by atoms with E-state index in [1.54, 1.807) is 19.9 Å². The fourth-order valence-electron chi connectivity index (χ4n) is 1.49. The van der Waals surface area contributed by atoms with Crippen LogP contribution in [0.4, 0.5) is 4.53 Å². The molecule has 0 radical (unpaired) electrons. The molecule has 1 amide bonds. The van der Waals surface area contributed by atoms with Crippen LogP contribution in [0.5, 0.6) is 5.88 Å². The molecule has 1 N–H and O–H groups in total. The lowest BCUT2D eigenvalue weighted by atomic mass is 10.1. The van der Waals surface area contributed by atoms with E-state index in [0.29, 0.717) is 13.0 Å². The van der Waals surface area contributed by atoms with Gasteiger partial charge < -0.3 is 10.1 Å². The van der Waals surface area contributed by atoms with Crippen LogP contribution in [0.15, 0.2) is 12.3 Å². The zero-order chi connectivity index (χ0) is 16.8. The molecule has 0 atom stereocenters. The lowest BCUT2D eigenvalue weighted by Crippen LogP contribution is -2.35. The number of hydrogen-bond acceptors (Lipinski definition) is 5. The first-order chi connectivity index (χ1) is 10.3. The monoisotopic (exact) mass is 313 g/mol. The Hall–Kier alpha value is -2.38. The van der Waals surface area contributed by atoms with Crippen molar-refractivity contribution < 1.29 is 23.8 Å². The van der Waals surface area contributed by atoms with Crippen LogP contribution in [0.25, 0.3) is 6.20 Å². The Kier molecular flexibility index (Phi) is 6.09. The molecule has 0 spiro atoms. The summed E-state index contributed by atoms with van der Waals surface area (Å²) >= 11 is 0. The van der Waals surface area contributed by atoms with Crippen LogP contribution < -0.4 is 10.1 Å². The van der Waals surface area contributed by atoms with Crippen molar-refractivity contribution in [3.8, 4) is 5.88 Å². The first kappa shape index (κ1) is 17.7. The van der Waals surface area contributed by atoms with Crippen molar-refractivity contribution in [1.29, 1.82) is 0 Å². The molecule has 1 heterocycles. The Labute approximate surface area is 128 Å². The molecule has 0 aliphatic heterocycles. The van der Waals surface area contributed by atoms with Gasteiger partial charge in [-0.3, -0.25) is 4.79 Å². The SMILES string of the molecule is CC(C)COc1c(C(=O)OF)cnn1/C=C/C(C)(C)NC=O. The predicted molar refractivity (Wildman–Crippen MR) is 77.7 cm³/mol. The minimum atomic E-state index is -1.18. The fourth-order valence-corrected chi connectivity index (χ4v) is 1.49. The minimum Gasteiger partial charge on any atom is -0.477 e. The number of carbonyl (C=O) groups is 2. The highest BCUT2D eigenvalue weighted by molar-refractivity contribution is 5.91. The number of nitrogens with one attached hydrogen (secondary N) is 1. The van der Waals surface area contributed by atoms with E-state index >= 15 is 0 Å². The summed E-state index contributed by atoms with van der Waals surface area (Å²) in [5, 5.41) is 6.55. The average Bonchev–Trinajstić information content (AvgIpc) is 2.85. The fraction of sp³-hybridized carbons (Fsp3) is 0.500. The van der Waals surface area contributed by atoms with Gasteiger partial charge in [-0.15, -0.1) is 0 Å². The van der Waals surface area contributed by atoms with Crippen molar-refractivity contribution in [3.05, 3.63) is 17.8 Å². The molecule has 122 valence electrons. The topological polar surface area (TPSA) is 82.4 Å². The molecule has 7 nitrogen and oxygen atoms in total. The molecule has 0 saturated carbocycles. The molecule has 1 aromatic rings. The molecule has 0 aromatic carbocycles. The smallest absolute Gasteiger partial charge is 0.386 e. The second-order valence-electron chi connectivity index (χ2n) is 5.68. The summed E-state index contributed by atoms with van der Waals surface area (Å²) in [5.74, 6) is -0.895. The van der Waals surface area contributed by atoms with E-state index in [2.05, 4.69) is 15.4 Å². The molecule has 0 unspecified atom stereocenters. The van der Waals surface area contributed by atoms with E-state index < -0.39 is 11.5 Å². The number of nitrogens with zero attached hydrogens (tertiary/aromatic N) is 2. The largest absolute Gasteiger partial charge is 0.477 e. The van der Waals surface area contributed by atoms with E-state index in [1.807, 2.05) is 13.8 Å². The van der Waals surface area contributed by atoms with Gasteiger partial charge >= 0.3 is 5.97 Å². The van der Waals surface area contributed by atoms with Gasteiger partial charge in [0.1, 0.15) is 5.56 Å². The number of aromatic nitrogens is 2. The summed E-state index contributed by atoms with van der Waals surface area (Å²) in [7, 11) is 0. The molecule has 0 bridgehead atoms. The predicted octanol–water partition coefficient (Wildman–Crippen LogP) is 1.95. The third-order valence-electron chi connectivity index (χ3n) is 2.66. The van der Waals surface area contributed by atoms with E-state index in [1.165, 1.54) is 10.9 Å². The van der Waals surface area contributed by atoms with Crippen LogP contribution in [0.3, 0.4) is 0 Å². The van der Waals surface area contributed by atoms with E-state index in [-0.39, 0.29) is 17.4 Å². The Bertz CT molecular complexity index is 552. The normalized spacial score (nSPS) is 11.7. The lowest BCUT2D eigenvalue weighted by Gasteiger charge is -2.18. The van der Waals surface area contributed by atoms with Gasteiger partial charge in [0.15, 0.2) is 0 Å². The first-order valence-corrected chi connectivity index (χ1v) is 6.74. The second kappa shape index (κ2) is 7.58. The maximum Gasteiger partial charge on any atom is 0.386 e. The third kappa shape index (κ3) is 4.87. The molecular weight excluding hydrogens is 293 g/mol. The highest BCUT2D eigenvalue weighted by Gasteiger charge is 2.21. The highest BCUT2D eigenvalue weighted by atomic mass is 19.3.